The number of nitrogens with zero attached hydrogens (tertiary/aromatic N) is 2. The zero-order valence-electron chi connectivity index (χ0n) is 22.8. The number of anilines is 2. The van der Waals surface area contributed by atoms with E-state index >= 15 is 0 Å². The summed E-state index contributed by atoms with van der Waals surface area (Å²) in [5.74, 6) is 1.35. The molecule has 2 aromatic heterocycles. The summed E-state index contributed by atoms with van der Waals surface area (Å²) < 4.78 is 16.5. The molecule has 210 valence electrons. The first kappa shape index (κ1) is 28.7. The molecule has 0 unspecified atom stereocenters. The minimum atomic E-state index is -0.493. The van der Waals surface area contributed by atoms with Crippen molar-refractivity contribution in [1.29, 1.82) is 0 Å². The second-order valence-corrected chi connectivity index (χ2v) is 10.3. The van der Waals surface area contributed by atoms with Gasteiger partial charge >= 0.3 is 6.03 Å². The van der Waals surface area contributed by atoms with E-state index in [0.717, 1.165) is 5.69 Å². The highest BCUT2D eigenvalue weighted by Gasteiger charge is 2.19. The standard InChI is InChI=1S/C28H31ClN6O5/c1-28(2,3)24-15-25(35-34-24)33-27(37)32-20-7-6-16(12-19(20)29)40-22-8-9-30-21-14-23(39-5)18(13-17(21)22)26(36)31-10-11-38-4/h6-9,12-15H,10-11H2,1-5H3,(H,31,36)(H3,32,33,34,35,37). The summed E-state index contributed by atoms with van der Waals surface area (Å²) in [6, 6.07) is 11.2. The smallest absolute Gasteiger partial charge is 0.324 e. The van der Waals surface area contributed by atoms with Gasteiger partial charge < -0.3 is 24.8 Å². The summed E-state index contributed by atoms with van der Waals surface area (Å²) in [6.07, 6.45) is 1.59. The van der Waals surface area contributed by atoms with Crippen LogP contribution >= 0.6 is 11.6 Å². The summed E-state index contributed by atoms with van der Waals surface area (Å²) in [4.78, 5) is 29.7. The summed E-state index contributed by atoms with van der Waals surface area (Å²) >= 11 is 6.46. The van der Waals surface area contributed by atoms with Gasteiger partial charge in [-0.15, -0.1) is 0 Å². The Kier molecular flexibility index (Phi) is 8.76. The van der Waals surface area contributed by atoms with Crippen LogP contribution in [0.15, 0.2) is 48.7 Å². The highest BCUT2D eigenvalue weighted by atomic mass is 35.5. The Morgan fingerprint density at radius 2 is 1.82 bits per heavy atom. The van der Waals surface area contributed by atoms with Crippen LogP contribution in [-0.4, -0.2) is 54.5 Å². The number of aromatic amines is 1. The SMILES string of the molecule is COCCNC(=O)c1cc2c(Oc3ccc(NC(=O)Nc4cc(C(C)(C)C)[nH]n4)c(Cl)c3)ccnc2cc1OC. The number of pyridine rings is 1. The Labute approximate surface area is 236 Å². The zero-order valence-corrected chi connectivity index (χ0v) is 23.6. The van der Waals surface area contributed by atoms with E-state index in [0.29, 0.717) is 58.4 Å². The van der Waals surface area contributed by atoms with Crippen LogP contribution in [-0.2, 0) is 10.2 Å². The van der Waals surface area contributed by atoms with Crippen molar-refractivity contribution < 1.29 is 23.8 Å². The molecule has 0 bridgehead atoms. The topological polar surface area (TPSA) is 139 Å². The number of benzene rings is 2. The molecule has 0 radical (unpaired) electrons. The number of hydrogen-bond donors (Lipinski definition) is 4. The van der Waals surface area contributed by atoms with Crippen molar-refractivity contribution >= 4 is 45.9 Å². The molecule has 0 aliphatic rings. The summed E-state index contributed by atoms with van der Waals surface area (Å²) in [5.41, 5.74) is 2.06. The van der Waals surface area contributed by atoms with Crippen LogP contribution in [0, 0.1) is 0 Å². The second kappa shape index (κ2) is 12.2. The highest BCUT2D eigenvalue weighted by Crippen LogP contribution is 2.35. The molecule has 4 aromatic rings. The number of ether oxygens (including phenoxy) is 3. The normalized spacial score (nSPS) is 11.2. The first-order valence-electron chi connectivity index (χ1n) is 12.4. The average molecular weight is 567 g/mol. The minimum absolute atomic E-state index is 0.132. The predicted octanol–water partition coefficient (Wildman–Crippen LogP) is 5.73. The molecule has 2 aromatic carbocycles. The van der Waals surface area contributed by atoms with Gasteiger partial charge in [0.15, 0.2) is 5.82 Å². The molecule has 11 nitrogen and oxygen atoms in total. The van der Waals surface area contributed by atoms with Crippen LogP contribution < -0.4 is 25.4 Å². The molecule has 0 atom stereocenters. The number of H-pyrrole nitrogens is 1. The van der Waals surface area contributed by atoms with Gasteiger partial charge in [0.1, 0.15) is 17.2 Å². The molecule has 4 N–H and O–H groups in total. The maximum absolute atomic E-state index is 12.8. The van der Waals surface area contributed by atoms with Gasteiger partial charge in [-0.2, -0.15) is 5.10 Å². The van der Waals surface area contributed by atoms with Gasteiger partial charge in [0.05, 0.1) is 35.5 Å². The van der Waals surface area contributed by atoms with E-state index in [-0.39, 0.29) is 16.3 Å². The average Bonchev–Trinajstić information content (AvgIpc) is 3.39. The lowest BCUT2D eigenvalue weighted by Crippen LogP contribution is -2.27. The number of fused-ring (bicyclic) bond motifs is 1. The lowest BCUT2D eigenvalue weighted by atomic mass is 9.92. The van der Waals surface area contributed by atoms with Gasteiger partial charge in [-0.05, 0) is 24.3 Å². The number of aromatic nitrogens is 3. The largest absolute Gasteiger partial charge is 0.496 e. The van der Waals surface area contributed by atoms with Gasteiger partial charge in [0, 0.05) is 54.5 Å². The van der Waals surface area contributed by atoms with E-state index in [1.54, 1.807) is 55.8 Å². The molecule has 0 aliphatic carbocycles. The third-order valence-electron chi connectivity index (χ3n) is 5.90. The molecule has 3 amide bonds. The van der Waals surface area contributed by atoms with E-state index in [4.69, 9.17) is 25.8 Å². The van der Waals surface area contributed by atoms with Crippen molar-refractivity contribution in [1.82, 2.24) is 20.5 Å². The Morgan fingerprint density at radius 3 is 2.50 bits per heavy atom. The van der Waals surface area contributed by atoms with E-state index in [1.807, 2.05) is 20.8 Å². The second-order valence-electron chi connectivity index (χ2n) is 9.87. The third-order valence-corrected chi connectivity index (χ3v) is 6.22. The van der Waals surface area contributed by atoms with E-state index < -0.39 is 6.03 Å². The van der Waals surface area contributed by atoms with Crippen molar-refractivity contribution in [2.75, 3.05) is 38.0 Å². The molecule has 0 aliphatic heterocycles. The number of halogens is 1. The van der Waals surface area contributed by atoms with Crippen LogP contribution in [0.5, 0.6) is 17.2 Å². The first-order valence-corrected chi connectivity index (χ1v) is 12.8. The molecule has 0 saturated carbocycles. The molecule has 0 fully saturated rings. The number of carbonyl (C=O) groups is 2. The Hall–Kier alpha value is -4.35. The molecular formula is C28H31ClN6O5. The molecule has 4 rings (SSSR count). The number of methoxy groups -OCH3 is 2. The minimum Gasteiger partial charge on any atom is -0.496 e. The van der Waals surface area contributed by atoms with Crippen molar-refractivity contribution in [2.24, 2.45) is 0 Å². The molecule has 12 heteroatoms. The Balaban J connectivity index is 1.51. The quantitative estimate of drug-likeness (QED) is 0.190. The third kappa shape index (κ3) is 6.80. The maximum Gasteiger partial charge on any atom is 0.324 e. The summed E-state index contributed by atoms with van der Waals surface area (Å²) in [6.45, 7) is 6.86. The molecular weight excluding hydrogens is 536 g/mol. The van der Waals surface area contributed by atoms with Crippen LogP contribution in [0.2, 0.25) is 5.02 Å². The van der Waals surface area contributed by atoms with Crippen molar-refractivity contribution in [2.45, 2.75) is 26.2 Å². The monoisotopic (exact) mass is 566 g/mol. The van der Waals surface area contributed by atoms with Gasteiger partial charge in [0.2, 0.25) is 0 Å². The fourth-order valence-corrected chi connectivity index (χ4v) is 3.99. The van der Waals surface area contributed by atoms with E-state index in [9.17, 15) is 9.59 Å². The fraction of sp³-hybridized carbons (Fsp3) is 0.286. The molecule has 0 spiro atoms. The summed E-state index contributed by atoms with van der Waals surface area (Å²) in [7, 11) is 3.05. The Morgan fingerprint density at radius 1 is 1.02 bits per heavy atom. The van der Waals surface area contributed by atoms with Crippen LogP contribution in [0.4, 0.5) is 16.3 Å². The van der Waals surface area contributed by atoms with Crippen LogP contribution in [0.1, 0.15) is 36.8 Å². The van der Waals surface area contributed by atoms with Crippen LogP contribution in [0.25, 0.3) is 10.9 Å². The number of rotatable bonds is 9. The van der Waals surface area contributed by atoms with Gasteiger partial charge in [0.25, 0.3) is 5.91 Å². The van der Waals surface area contributed by atoms with Crippen molar-refractivity contribution in [3.05, 3.63) is 64.9 Å². The predicted molar refractivity (Wildman–Crippen MR) is 154 cm³/mol. The van der Waals surface area contributed by atoms with Crippen molar-refractivity contribution in [3.8, 4) is 17.2 Å². The van der Waals surface area contributed by atoms with Gasteiger partial charge in [-0.3, -0.25) is 20.2 Å². The van der Waals surface area contributed by atoms with E-state index in [2.05, 4.69) is 31.1 Å². The number of nitrogens with one attached hydrogen (secondary N) is 4. The Bertz CT molecular complexity index is 1530. The summed E-state index contributed by atoms with van der Waals surface area (Å²) in [5, 5.41) is 16.1. The van der Waals surface area contributed by atoms with Gasteiger partial charge in [-0.25, -0.2) is 4.79 Å². The zero-order chi connectivity index (χ0) is 28.9. The van der Waals surface area contributed by atoms with E-state index in [1.165, 1.54) is 7.11 Å². The van der Waals surface area contributed by atoms with Crippen LogP contribution in [0.3, 0.4) is 0 Å². The molecule has 0 saturated heterocycles. The lowest BCUT2D eigenvalue weighted by molar-refractivity contribution is 0.0934. The number of urea groups is 1. The first-order chi connectivity index (χ1) is 19.1. The number of carbonyl (C=O) groups excluding carboxylic acids is 2. The fourth-order valence-electron chi connectivity index (χ4n) is 3.77. The highest BCUT2D eigenvalue weighted by molar-refractivity contribution is 6.34. The number of hydrogen-bond acceptors (Lipinski definition) is 7. The molecule has 40 heavy (non-hydrogen) atoms. The number of amides is 3. The maximum atomic E-state index is 12.8. The van der Waals surface area contributed by atoms with Crippen molar-refractivity contribution in [3.63, 3.8) is 0 Å². The lowest BCUT2D eigenvalue weighted by Gasteiger charge is -2.14. The molecule has 2 heterocycles. The van der Waals surface area contributed by atoms with Gasteiger partial charge in [-0.1, -0.05) is 32.4 Å².